The third-order valence-corrected chi connectivity index (χ3v) is 3.77. The molecule has 0 fully saturated rings. The molecule has 136 valence electrons. The highest BCUT2D eigenvalue weighted by molar-refractivity contribution is 6.24. The van der Waals surface area contributed by atoms with Gasteiger partial charge in [0, 0.05) is 5.57 Å². The van der Waals surface area contributed by atoms with Crippen LogP contribution in [0.1, 0.15) is 21.7 Å². The zero-order valence-corrected chi connectivity index (χ0v) is 14.6. The molecule has 2 amide bonds. The molecule has 2 N–H and O–H groups in total. The Hall–Kier alpha value is -3.80. The molecule has 0 radical (unpaired) electrons. The van der Waals surface area contributed by atoms with Gasteiger partial charge in [-0.1, -0.05) is 42.5 Å². The van der Waals surface area contributed by atoms with E-state index in [1.807, 2.05) is 54.6 Å². The van der Waals surface area contributed by atoms with Crippen molar-refractivity contribution >= 4 is 23.5 Å². The summed E-state index contributed by atoms with van der Waals surface area (Å²) in [6.45, 7) is 0. The minimum absolute atomic E-state index is 0.105. The number of hydrogen-bond donors (Lipinski definition) is 2. The van der Waals surface area contributed by atoms with Gasteiger partial charge in [0.2, 0.25) is 0 Å². The Balaban J connectivity index is 1.84. The van der Waals surface area contributed by atoms with Crippen molar-refractivity contribution in [1.82, 2.24) is 10.9 Å². The van der Waals surface area contributed by atoms with Crippen LogP contribution in [0, 0.1) is 0 Å². The van der Waals surface area contributed by atoms with Gasteiger partial charge in [-0.25, -0.2) is 0 Å². The molecule has 0 aliphatic rings. The van der Waals surface area contributed by atoms with Crippen molar-refractivity contribution in [2.75, 3.05) is 7.11 Å². The third kappa shape index (κ3) is 4.64. The van der Waals surface area contributed by atoms with Gasteiger partial charge in [0.15, 0.2) is 5.76 Å². The lowest BCUT2D eigenvalue weighted by Gasteiger charge is -2.10. The van der Waals surface area contributed by atoms with E-state index in [1.54, 1.807) is 19.3 Å². The van der Waals surface area contributed by atoms with Crippen molar-refractivity contribution < 1.29 is 18.7 Å². The standard InChI is InChI=1S/C21H18N2O4/c1-26-17-10-5-7-15(13-17)14-18(16-8-3-2-4-9-16)20(24)22-23-21(25)19-11-6-12-27-19/h2-14H,1H3,(H,22,24)(H,23,25)/b18-14+. The summed E-state index contributed by atoms with van der Waals surface area (Å²) in [4.78, 5) is 24.7. The van der Waals surface area contributed by atoms with Crippen molar-refractivity contribution in [3.8, 4) is 5.75 Å². The Morgan fingerprint density at radius 1 is 0.963 bits per heavy atom. The molecule has 0 saturated carbocycles. The maximum Gasteiger partial charge on any atom is 0.305 e. The number of hydrogen-bond acceptors (Lipinski definition) is 4. The third-order valence-electron chi connectivity index (χ3n) is 3.77. The van der Waals surface area contributed by atoms with Crippen LogP contribution in [0.4, 0.5) is 0 Å². The van der Waals surface area contributed by atoms with Crippen LogP contribution in [0.5, 0.6) is 5.75 Å². The highest BCUT2D eigenvalue weighted by Crippen LogP contribution is 2.21. The molecule has 1 heterocycles. The summed E-state index contributed by atoms with van der Waals surface area (Å²) in [6.07, 6.45) is 3.11. The molecule has 27 heavy (non-hydrogen) atoms. The fraction of sp³-hybridized carbons (Fsp3) is 0.0476. The summed E-state index contributed by atoms with van der Waals surface area (Å²) in [5, 5.41) is 0. The molecule has 3 rings (SSSR count). The molecule has 6 heteroatoms. The molecule has 2 aromatic carbocycles. The van der Waals surface area contributed by atoms with Crippen molar-refractivity contribution in [2.24, 2.45) is 0 Å². The Morgan fingerprint density at radius 3 is 2.48 bits per heavy atom. The average molecular weight is 362 g/mol. The molecule has 0 unspecified atom stereocenters. The van der Waals surface area contributed by atoms with Crippen LogP contribution in [0.25, 0.3) is 11.6 Å². The van der Waals surface area contributed by atoms with Gasteiger partial charge in [0.25, 0.3) is 5.91 Å². The van der Waals surface area contributed by atoms with Crippen LogP contribution in [-0.4, -0.2) is 18.9 Å². The maximum atomic E-state index is 12.7. The number of carbonyl (C=O) groups is 2. The first kappa shape index (κ1) is 18.0. The monoisotopic (exact) mass is 362 g/mol. The molecular weight excluding hydrogens is 344 g/mol. The molecule has 0 bridgehead atoms. The molecule has 6 nitrogen and oxygen atoms in total. The van der Waals surface area contributed by atoms with E-state index < -0.39 is 11.8 Å². The van der Waals surface area contributed by atoms with Crippen molar-refractivity contribution in [3.05, 3.63) is 89.9 Å². The molecule has 0 aliphatic carbocycles. The number of rotatable bonds is 5. The zero-order valence-electron chi connectivity index (χ0n) is 14.6. The fourth-order valence-electron chi connectivity index (χ4n) is 2.45. The predicted octanol–water partition coefficient (Wildman–Crippen LogP) is 3.29. The van der Waals surface area contributed by atoms with Gasteiger partial charge < -0.3 is 9.15 Å². The van der Waals surface area contributed by atoms with E-state index in [-0.39, 0.29) is 5.76 Å². The molecular formula is C21H18N2O4. The molecule has 0 spiro atoms. The summed E-state index contributed by atoms with van der Waals surface area (Å²) in [5.74, 6) is -0.206. The highest BCUT2D eigenvalue weighted by Gasteiger charge is 2.15. The molecule has 0 atom stereocenters. The van der Waals surface area contributed by atoms with Gasteiger partial charge in [-0.2, -0.15) is 0 Å². The first-order valence-electron chi connectivity index (χ1n) is 8.23. The Bertz CT molecular complexity index is 947. The van der Waals surface area contributed by atoms with Crippen molar-refractivity contribution in [1.29, 1.82) is 0 Å². The number of nitrogens with one attached hydrogen (secondary N) is 2. The van der Waals surface area contributed by atoms with Crippen molar-refractivity contribution in [2.45, 2.75) is 0 Å². The van der Waals surface area contributed by atoms with Gasteiger partial charge in [0.05, 0.1) is 13.4 Å². The van der Waals surface area contributed by atoms with E-state index in [9.17, 15) is 9.59 Å². The van der Waals surface area contributed by atoms with Crippen LogP contribution >= 0.6 is 0 Å². The zero-order chi connectivity index (χ0) is 19.1. The number of carbonyl (C=O) groups excluding carboxylic acids is 2. The number of hydrazine groups is 1. The van der Waals surface area contributed by atoms with E-state index in [0.29, 0.717) is 16.9 Å². The van der Waals surface area contributed by atoms with Gasteiger partial charge in [0.1, 0.15) is 5.75 Å². The quantitative estimate of drug-likeness (QED) is 0.415. The minimum Gasteiger partial charge on any atom is -0.497 e. The lowest BCUT2D eigenvalue weighted by Crippen LogP contribution is -2.41. The summed E-state index contributed by atoms with van der Waals surface area (Å²) in [5.41, 5.74) is 6.66. The van der Waals surface area contributed by atoms with E-state index in [1.165, 1.54) is 12.3 Å². The summed E-state index contributed by atoms with van der Waals surface area (Å²) in [7, 11) is 1.58. The van der Waals surface area contributed by atoms with Gasteiger partial charge in [-0.05, 0) is 41.5 Å². The van der Waals surface area contributed by atoms with Crippen LogP contribution in [0.15, 0.2) is 77.4 Å². The van der Waals surface area contributed by atoms with E-state index >= 15 is 0 Å². The van der Waals surface area contributed by atoms with Gasteiger partial charge in [-0.15, -0.1) is 0 Å². The van der Waals surface area contributed by atoms with E-state index in [0.717, 1.165) is 5.56 Å². The largest absolute Gasteiger partial charge is 0.497 e. The van der Waals surface area contributed by atoms with Crippen LogP contribution in [-0.2, 0) is 4.79 Å². The topological polar surface area (TPSA) is 80.6 Å². The van der Waals surface area contributed by atoms with E-state index in [2.05, 4.69) is 10.9 Å². The second-order valence-electron chi connectivity index (χ2n) is 5.59. The van der Waals surface area contributed by atoms with Crippen molar-refractivity contribution in [3.63, 3.8) is 0 Å². The second kappa shape index (κ2) is 8.53. The minimum atomic E-state index is -0.540. The average Bonchev–Trinajstić information content (AvgIpc) is 3.26. The van der Waals surface area contributed by atoms with Crippen LogP contribution < -0.4 is 15.6 Å². The van der Waals surface area contributed by atoms with Crippen LogP contribution in [0.3, 0.4) is 0 Å². The van der Waals surface area contributed by atoms with E-state index in [4.69, 9.17) is 9.15 Å². The first-order valence-corrected chi connectivity index (χ1v) is 8.23. The number of benzene rings is 2. The summed E-state index contributed by atoms with van der Waals surface area (Å²) < 4.78 is 10.2. The first-order chi connectivity index (χ1) is 13.2. The molecule has 0 saturated heterocycles. The fourth-order valence-corrected chi connectivity index (χ4v) is 2.45. The molecule has 0 aliphatic heterocycles. The normalized spacial score (nSPS) is 10.9. The van der Waals surface area contributed by atoms with Gasteiger partial charge in [-0.3, -0.25) is 20.4 Å². The maximum absolute atomic E-state index is 12.7. The Kier molecular flexibility index (Phi) is 5.69. The number of methoxy groups -OCH3 is 1. The summed E-state index contributed by atoms with van der Waals surface area (Å²) in [6, 6.07) is 19.6. The molecule has 1 aromatic heterocycles. The lowest BCUT2D eigenvalue weighted by molar-refractivity contribution is -0.116. The SMILES string of the molecule is COc1cccc(/C=C(/C(=O)NNC(=O)c2ccco2)c2ccccc2)c1. The van der Waals surface area contributed by atoms with Crippen LogP contribution in [0.2, 0.25) is 0 Å². The van der Waals surface area contributed by atoms with Gasteiger partial charge >= 0.3 is 5.91 Å². The highest BCUT2D eigenvalue weighted by atomic mass is 16.5. The predicted molar refractivity (Wildman–Crippen MR) is 102 cm³/mol. The Morgan fingerprint density at radius 2 is 1.78 bits per heavy atom. The molecule has 3 aromatic rings. The number of furan rings is 1. The number of ether oxygens (including phenoxy) is 1. The lowest BCUT2D eigenvalue weighted by atomic mass is 10.0. The summed E-state index contributed by atoms with van der Waals surface area (Å²) >= 11 is 0. The number of amides is 2. The smallest absolute Gasteiger partial charge is 0.305 e. The second-order valence-corrected chi connectivity index (χ2v) is 5.59. The Labute approximate surface area is 156 Å².